The lowest BCUT2D eigenvalue weighted by Gasteiger charge is -2.07. The molecule has 0 aliphatic rings. The molecule has 0 N–H and O–H groups in total. The van der Waals surface area contributed by atoms with E-state index in [2.05, 4.69) is 12.1 Å². The van der Waals surface area contributed by atoms with Crippen LogP contribution in [0.1, 0.15) is 11.1 Å². The molecule has 5 rings (SSSR count). The van der Waals surface area contributed by atoms with E-state index in [9.17, 15) is 0 Å². The Morgan fingerprint density at radius 2 is 1.76 bits per heavy atom. The average molecular weight is 470 g/mol. The summed E-state index contributed by atoms with van der Waals surface area (Å²) in [5.74, 6) is 2.13. The second-order valence-corrected chi connectivity index (χ2v) is 8.35. The molecule has 170 valence electrons. The Kier molecular flexibility index (Phi) is 6.27. The van der Waals surface area contributed by atoms with Crippen molar-refractivity contribution in [3.8, 4) is 23.0 Å². The largest absolute Gasteiger partial charge is 0.497 e. The monoisotopic (exact) mass is 469 g/mol. The number of ether oxygens (including phenoxy) is 2. The van der Waals surface area contributed by atoms with Crippen LogP contribution in [-0.4, -0.2) is 25.1 Å². The fourth-order valence-electron chi connectivity index (χ4n) is 3.59. The van der Waals surface area contributed by atoms with Crippen LogP contribution in [-0.2, 0) is 6.54 Å². The number of hydrogen-bond donors (Lipinski definition) is 0. The summed E-state index contributed by atoms with van der Waals surface area (Å²) in [6.45, 7) is 0.558. The third-order valence-corrected chi connectivity index (χ3v) is 6.21. The summed E-state index contributed by atoms with van der Waals surface area (Å²) in [5, 5.41) is 7.85. The van der Waals surface area contributed by atoms with Crippen LogP contribution in [0, 0.1) is 0 Å². The van der Waals surface area contributed by atoms with E-state index in [0.29, 0.717) is 12.3 Å². The highest BCUT2D eigenvalue weighted by Crippen LogP contribution is 2.28. The Bertz CT molecular complexity index is 1480. The summed E-state index contributed by atoms with van der Waals surface area (Å²) in [6.07, 6.45) is 1.76. The second kappa shape index (κ2) is 9.80. The average Bonchev–Trinajstić information content (AvgIpc) is 3.50. The van der Waals surface area contributed by atoms with Gasteiger partial charge < -0.3 is 13.9 Å². The fourth-order valence-corrected chi connectivity index (χ4v) is 4.40. The highest BCUT2D eigenvalue weighted by Gasteiger charge is 2.13. The van der Waals surface area contributed by atoms with Crippen molar-refractivity contribution < 1.29 is 13.9 Å². The molecule has 34 heavy (non-hydrogen) atoms. The number of hydrogen-bond acceptors (Lipinski definition) is 6. The number of aromatic nitrogens is 1. The van der Waals surface area contributed by atoms with Gasteiger partial charge in [-0.05, 0) is 29.8 Å². The Morgan fingerprint density at radius 3 is 2.56 bits per heavy atom. The molecular formula is C27H23N3O3S. The molecule has 0 amide bonds. The number of methoxy groups -OCH3 is 2. The highest BCUT2D eigenvalue weighted by molar-refractivity contribution is 7.07. The summed E-state index contributed by atoms with van der Waals surface area (Å²) in [5.41, 5.74) is 3.62. The van der Waals surface area contributed by atoms with Crippen LogP contribution < -0.4 is 14.3 Å². The molecule has 7 heteroatoms. The van der Waals surface area contributed by atoms with Crippen molar-refractivity contribution in [1.82, 2.24) is 4.68 Å². The number of fused-ring (bicyclic) bond motifs is 1. The third-order valence-electron chi connectivity index (χ3n) is 5.36. The first-order valence-corrected chi connectivity index (χ1v) is 11.6. The molecule has 0 saturated carbocycles. The van der Waals surface area contributed by atoms with Crippen molar-refractivity contribution in [2.45, 2.75) is 6.54 Å². The molecule has 2 aromatic heterocycles. The topological polar surface area (TPSA) is 61.2 Å². The normalized spacial score (nSPS) is 12.0. The molecule has 6 nitrogen and oxygen atoms in total. The van der Waals surface area contributed by atoms with Crippen LogP contribution in [0.25, 0.3) is 22.4 Å². The maximum absolute atomic E-state index is 6.13. The smallest absolute Gasteiger partial charge is 0.206 e. The third kappa shape index (κ3) is 4.51. The predicted octanol–water partition coefficient (Wildman–Crippen LogP) is 5.96. The van der Waals surface area contributed by atoms with E-state index >= 15 is 0 Å². The Morgan fingerprint density at radius 1 is 0.941 bits per heavy atom. The SMILES string of the molecule is COc1ccc(/C=N/n2c(-c3cc4ccccc4o3)csc2=NCc2ccccc2)c(OC)c1. The highest BCUT2D eigenvalue weighted by atomic mass is 32.1. The van der Waals surface area contributed by atoms with Gasteiger partial charge in [-0.3, -0.25) is 4.99 Å². The molecule has 0 aliphatic carbocycles. The number of benzene rings is 3. The quantitative estimate of drug-likeness (QED) is 0.276. The van der Waals surface area contributed by atoms with Crippen LogP contribution in [0.5, 0.6) is 11.5 Å². The van der Waals surface area contributed by atoms with E-state index in [1.54, 1.807) is 20.4 Å². The minimum absolute atomic E-state index is 0.558. The first-order valence-electron chi connectivity index (χ1n) is 10.8. The van der Waals surface area contributed by atoms with Crippen LogP contribution in [0.2, 0.25) is 0 Å². The van der Waals surface area contributed by atoms with Crippen molar-refractivity contribution in [2.75, 3.05) is 14.2 Å². The number of para-hydroxylation sites is 1. The van der Waals surface area contributed by atoms with Gasteiger partial charge in [0.2, 0.25) is 4.80 Å². The molecule has 0 aliphatic heterocycles. The molecule has 0 saturated heterocycles. The second-order valence-electron chi connectivity index (χ2n) is 7.52. The lowest BCUT2D eigenvalue weighted by molar-refractivity contribution is 0.394. The van der Waals surface area contributed by atoms with Gasteiger partial charge in [0.1, 0.15) is 22.8 Å². The fraction of sp³-hybridized carbons (Fsp3) is 0.111. The van der Waals surface area contributed by atoms with Crippen molar-refractivity contribution in [3.05, 3.63) is 100 Å². The van der Waals surface area contributed by atoms with Gasteiger partial charge in [-0.2, -0.15) is 5.10 Å². The lowest BCUT2D eigenvalue weighted by atomic mass is 10.2. The van der Waals surface area contributed by atoms with Gasteiger partial charge in [0, 0.05) is 22.4 Å². The van der Waals surface area contributed by atoms with Crippen LogP contribution in [0.4, 0.5) is 0 Å². The Labute approximate surface area is 201 Å². The molecule has 0 atom stereocenters. The molecule has 0 fully saturated rings. The van der Waals surface area contributed by atoms with Crippen LogP contribution in [0.15, 0.2) is 98.8 Å². The first-order chi connectivity index (χ1) is 16.7. The van der Waals surface area contributed by atoms with Crippen molar-refractivity contribution in [2.24, 2.45) is 10.1 Å². The summed E-state index contributed by atoms with van der Waals surface area (Å²) in [6, 6.07) is 25.8. The van der Waals surface area contributed by atoms with Gasteiger partial charge in [-0.25, -0.2) is 4.68 Å². The van der Waals surface area contributed by atoms with Crippen LogP contribution >= 0.6 is 11.3 Å². The standard InChI is InChI=1S/C27H23N3O3S/c1-31-22-13-12-21(25(15-22)32-2)17-29-30-23(26-14-20-10-6-7-11-24(20)33-26)18-34-27(30)28-16-19-8-4-3-5-9-19/h3-15,17-18H,16H2,1-2H3/b28-27?,29-17+. The summed E-state index contributed by atoms with van der Waals surface area (Å²) < 4.78 is 18.8. The minimum atomic E-state index is 0.558. The zero-order valence-corrected chi connectivity index (χ0v) is 19.7. The minimum Gasteiger partial charge on any atom is -0.497 e. The predicted molar refractivity (Wildman–Crippen MR) is 136 cm³/mol. The molecule has 0 radical (unpaired) electrons. The zero-order chi connectivity index (χ0) is 23.3. The summed E-state index contributed by atoms with van der Waals surface area (Å²) >= 11 is 1.52. The van der Waals surface area contributed by atoms with Crippen LogP contribution in [0.3, 0.4) is 0 Å². The van der Waals surface area contributed by atoms with Crippen molar-refractivity contribution in [1.29, 1.82) is 0 Å². The molecule has 0 unspecified atom stereocenters. The van der Waals surface area contributed by atoms with E-state index in [4.69, 9.17) is 24.0 Å². The molecule has 0 spiro atoms. The van der Waals surface area contributed by atoms with E-state index < -0.39 is 0 Å². The van der Waals surface area contributed by atoms with Gasteiger partial charge >= 0.3 is 0 Å². The molecular weight excluding hydrogens is 446 g/mol. The van der Waals surface area contributed by atoms with Gasteiger partial charge in [0.15, 0.2) is 5.76 Å². The Balaban J connectivity index is 1.59. The zero-order valence-electron chi connectivity index (χ0n) is 18.8. The molecule has 3 aromatic carbocycles. The number of thiazole rings is 1. The maximum Gasteiger partial charge on any atom is 0.206 e. The van der Waals surface area contributed by atoms with E-state index in [1.165, 1.54) is 11.3 Å². The van der Waals surface area contributed by atoms with Gasteiger partial charge in [0.05, 0.1) is 27.0 Å². The van der Waals surface area contributed by atoms with Gasteiger partial charge in [0.25, 0.3) is 0 Å². The van der Waals surface area contributed by atoms with E-state index in [0.717, 1.165) is 44.1 Å². The van der Waals surface area contributed by atoms with E-state index in [-0.39, 0.29) is 0 Å². The number of rotatable bonds is 7. The summed E-state index contributed by atoms with van der Waals surface area (Å²) in [4.78, 5) is 5.60. The molecule has 5 aromatic rings. The maximum atomic E-state index is 6.13. The number of nitrogens with zero attached hydrogens (tertiary/aromatic N) is 3. The van der Waals surface area contributed by atoms with Crippen molar-refractivity contribution >= 4 is 28.5 Å². The first kappa shape index (κ1) is 21.7. The summed E-state index contributed by atoms with van der Waals surface area (Å²) in [7, 11) is 3.26. The van der Waals surface area contributed by atoms with Gasteiger partial charge in [-0.1, -0.05) is 48.5 Å². The Hall–Kier alpha value is -4.10. The van der Waals surface area contributed by atoms with E-state index in [1.807, 2.05) is 76.8 Å². The molecule has 2 heterocycles. The van der Waals surface area contributed by atoms with Crippen molar-refractivity contribution in [3.63, 3.8) is 0 Å². The lowest BCUT2D eigenvalue weighted by Crippen LogP contribution is -2.12. The number of furan rings is 1. The molecule has 0 bridgehead atoms. The van der Waals surface area contributed by atoms with Gasteiger partial charge in [-0.15, -0.1) is 11.3 Å².